The number of phenols is 1. The van der Waals surface area contributed by atoms with Crippen molar-refractivity contribution in [2.75, 3.05) is 7.11 Å². The quantitative estimate of drug-likeness (QED) is 0.363. The van der Waals surface area contributed by atoms with Crippen LogP contribution in [0.3, 0.4) is 0 Å². The van der Waals surface area contributed by atoms with E-state index < -0.39 is 10.6 Å². The zero-order chi connectivity index (χ0) is 9.14. The molecule has 0 saturated heterocycles. The Hall–Kier alpha value is -0.144. The van der Waals surface area contributed by atoms with E-state index in [1.807, 2.05) is 0 Å². The minimum atomic E-state index is -0.686. The molecule has 0 bridgehead atoms. The van der Waals surface area contributed by atoms with Crippen LogP contribution in [0, 0.1) is 10.1 Å². The number of hydrogen-bond acceptors (Lipinski definition) is 4. The first-order chi connectivity index (χ1) is 5.66. The zero-order valence-electron chi connectivity index (χ0n) is 8.35. The summed E-state index contributed by atoms with van der Waals surface area (Å²) in [6, 6.07) is 4.12. The number of phenolic OH excluding ortho intramolecular Hbond substituents is 1. The molecule has 1 N–H and O–H groups in total. The van der Waals surface area contributed by atoms with Gasteiger partial charge in [0.2, 0.25) is 5.75 Å². The number of nitro groups is 1. The van der Waals surface area contributed by atoms with Gasteiger partial charge in [0.15, 0.2) is 5.75 Å². The average Bonchev–Trinajstić information content (AvgIpc) is 2.03. The zero-order valence-corrected chi connectivity index (χ0v) is 10.5. The molecule has 0 radical (unpaired) electrons. The largest absolute Gasteiger partial charge is 1.00 e. The first-order valence-corrected chi connectivity index (χ1v) is 3.17. The van der Waals surface area contributed by atoms with Gasteiger partial charge in [-0.2, -0.15) is 0 Å². The number of nitro benzene ring substituents is 1. The van der Waals surface area contributed by atoms with Gasteiger partial charge in [-0.15, -0.1) is 0 Å². The summed E-state index contributed by atoms with van der Waals surface area (Å²) in [4.78, 5) is 9.68. The monoisotopic (exact) mass is 209 g/mol. The number of nitrogens with zero attached hydrogens (tertiary/aromatic N) is 1. The van der Waals surface area contributed by atoms with Crippen LogP contribution < -0.4 is 56.1 Å². The van der Waals surface area contributed by atoms with Gasteiger partial charge in [-0.25, -0.2) is 0 Å². The number of ether oxygens (including phenoxy) is 1. The van der Waals surface area contributed by atoms with Crippen LogP contribution in [0.5, 0.6) is 11.5 Å². The van der Waals surface area contributed by atoms with Crippen LogP contribution >= 0.6 is 0 Å². The fourth-order valence-electron chi connectivity index (χ4n) is 0.859. The van der Waals surface area contributed by atoms with Gasteiger partial charge in [0.25, 0.3) is 0 Å². The molecule has 0 fully saturated rings. The van der Waals surface area contributed by atoms with Gasteiger partial charge in [-0.3, -0.25) is 10.1 Å². The third kappa shape index (κ3) is 2.92. The van der Waals surface area contributed by atoms with E-state index in [-0.39, 0.29) is 64.3 Å². The van der Waals surface area contributed by atoms with Crippen molar-refractivity contribution in [1.82, 2.24) is 0 Å². The Morgan fingerprint density at radius 3 is 2.62 bits per heavy atom. The first-order valence-electron chi connectivity index (χ1n) is 3.17. The van der Waals surface area contributed by atoms with Crippen LogP contribution in [0.15, 0.2) is 18.2 Å². The number of para-hydroxylation sites is 1. The van der Waals surface area contributed by atoms with Gasteiger partial charge < -0.3 is 11.3 Å². The summed E-state index contributed by atoms with van der Waals surface area (Å²) in [5, 5.41) is 19.4. The van der Waals surface area contributed by atoms with E-state index >= 15 is 0 Å². The number of benzene rings is 1. The molecule has 0 heterocycles. The summed E-state index contributed by atoms with van der Waals surface area (Å²) in [6.07, 6.45) is 0. The number of rotatable bonds is 2. The standard InChI is InChI=1S/C7H7NO4.K.H/c1-12-6-4-2-3-5(9)7(6)8(10)11;;/h2-4,9H,1H3;;/q;+1;-1. The van der Waals surface area contributed by atoms with Gasteiger partial charge in [-0.05, 0) is 12.1 Å². The third-order valence-corrected chi connectivity index (χ3v) is 1.38. The van der Waals surface area contributed by atoms with Crippen LogP contribution in [0.1, 0.15) is 1.43 Å². The number of methoxy groups -OCH3 is 1. The molecule has 0 amide bonds. The Kier molecular flexibility index (Phi) is 5.50. The van der Waals surface area contributed by atoms with E-state index in [4.69, 9.17) is 5.11 Å². The maximum absolute atomic E-state index is 10.4. The molecule has 6 heteroatoms. The molecular weight excluding hydrogens is 201 g/mol. The van der Waals surface area contributed by atoms with Gasteiger partial charge >= 0.3 is 57.1 Å². The minimum absolute atomic E-state index is 0. The van der Waals surface area contributed by atoms with Gasteiger partial charge in [0.05, 0.1) is 12.0 Å². The van der Waals surface area contributed by atoms with Crippen LogP contribution in [0.4, 0.5) is 5.69 Å². The number of aromatic hydroxyl groups is 1. The van der Waals surface area contributed by atoms with Crippen molar-refractivity contribution in [1.29, 1.82) is 0 Å². The molecule has 0 aromatic heterocycles. The van der Waals surface area contributed by atoms with Crippen molar-refractivity contribution < 1.29 is 67.6 Å². The van der Waals surface area contributed by atoms with Crippen molar-refractivity contribution in [3.8, 4) is 11.5 Å². The molecule has 0 spiro atoms. The minimum Gasteiger partial charge on any atom is -1.00 e. The van der Waals surface area contributed by atoms with Gasteiger partial charge in [-0.1, -0.05) is 6.07 Å². The maximum Gasteiger partial charge on any atom is 1.00 e. The normalized spacial score (nSPS) is 8.69. The van der Waals surface area contributed by atoms with E-state index in [0.29, 0.717) is 0 Å². The molecule has 13 heavy (non-hydrogen) atoms. The Balaban J connectivity index is 0. The van der Waals surface area contributed by atoms with Crippen LogP contribution in [0.2, 0.25) is 0 Å². The predicted molar refractivity (Wildman–Crippen MR) is 42.4 cm³/mol. The average molecular weight is 209 g/mol. The van der Waals surface area contributed by atoms with E-state index in [2.05, 4.69) is 4.74 Å². The fourth-order valence-corrected chi connectivity index (χ4v) is 0.859. The number of hydrogen-bond donors (Lipinski definition) is 1. The van der Waals surface area contributed by atoms with Crippen molar-refractivity contribution in [2.45, 2.75) is 0 Å². The molecule has 0 aliphatic carbocycles. The molecule has 0 unspecified atom stereocenters. The Morgan fingerprint density at radius 2 is 2.23 bits per heavy atom. The van der Waals surface area contributed by atoms with Crippen LogP contribution in [-0.4, -0.2) is 17.1 Å². The Labute approximate surface area is 119 Å². The summed E-state index contributed by atoms with van der Waals surface area (Å²) in [7, 11) is 1.31. The van der Waals surface area contributed by atoms with Crippen LogP contribution in [0.25, 0.3) is 0 Å². The Bertz CT molecular complexity index is 321. The summed E-state index contributed by atoms with van der Waals surface area (Å²) in [6.45, 7) is 0. The molecular formula is C7H8KNO4. The van der Waals surface area contributed by atoms with E-state index in [9.17, 15) is 10.1 Å². The summed E-state index contributed by atoms with van der Waals surface area (Å²) < 4.78 is 4.69. The van der Waals surface area contributed by atoms with E-state index in [1.165, 1.54) is 25.3 Å². The SMILES string of the molecule is COc1cccc(O)c1[N+](=O)[O-].[H-].[K+]. The third-order valence-electron chi connectivity index (χ3n) is 1.38. The smallest absolute Gasteiger partial charge is 1.00 e. The van der Waals surface area contributed by atoms with Gasteiger partial charge in [0.1, 0.15) is 0 Å². The first kappa shape index (κ1) is 12.9. The van der Waals surface area contributed by atoms with Crippen molar-refractivity contribution >= 4 is 5.69 Å². The van der Waals surface area contributed by atoms with E-state index in [0.717, 1.165) is 0 Å². The summed E-state index contributed by atoms with van der Waals surface area (Å²) in [5.41, 5.74) is -0.403. The molecule has 1 rings (SSSR count). The van der Waals surface area contributed by atoms with Crippen LogP contribution in [-0.2, 0) is 0 Å². The molecule has 5 nitrogen and oxygen atoms in total. The molecule has 1 aromatic rings. The molecule has 0 atom stereocenters. The molecule has 0 aliphatic rings. The van der Waals surface area contributed by atoms with E-state index in [1.54, 1.807) is 0 Å². The van der Waals surface area contributed by atoms with Gasteiger partial charge in [0, 0.05) is 0 Å². The molecule has 0 saturated carbocycles. The Morgan fingerprint density at radius 1 is 1.62 bits per heavy atom. The molecule has 0 aliphatic heterocycles. The molecule has 1 aromatic carbocycles. The second kappa shape index (κ2) is 5.56. The molecule has 66 valence electrons. The van der Waals surface area contributed by atoms with Crippen molar-refractivity contribution in [3.63, 3.8) is 0 Å². The van der Waals surface area contributed by atoms with Crippen molar-refractivity contribution in [3.05, 3.63) is 28.3 Å². The second-order valence-corrected chi connectivity index (χ2v) is 2.09. The topological polar surface area (TPSA) is 72.6 Å². The summed E-state index contributed by atoms with van der Waals surface area (Å²) >= 11 is 0. The summed E-state index contributed by atoms with van der Waals surface area (Å²) in [5.74, 6) is -0.334. The maximum atomic E-state index is 10.4. The second-order valence-electron chi connectivity index (χ2n) is 2.09. The predicted octanol–water partition coefficient (Wildman–Crippen LogP) is -1.57. The van der Waals surface area contributed by atoms with Crippen molar-refractivity contribution in [2.24, 2.45) is 0 Å². The fraction of sp³-hybridized carbons (Fsp3) is 0.143.